The van der Waals surface area contributed by atoms with Crippen molar-refractivity contribution in [2.75, 3.05) is 19.6 Å². The second-order valence-electron chi connectivity index (χ2n) is 2.57. The monoisotopic (exact) mass is 127 g/mol. The average molecular weight is 127 g/mol. The quantitative estimate of drug-likeness (QED) is 0.601. The van der Waals surface area contributed by atoms with E-state index in [1.165, 1.54) is 25.9 Å². The molecule has 0 aromatic rings. The first kappa shape index (κ1) is 7.03. The number of hydrogen-bond donors (Lipinski definition) is 1. The third kappa shape index (κ3) is 2.33. The Labute approximate surface area is 57.0 Å². The molecule has 0 unspecified atom stereocenters. The summed E-state index contributed by atoms with van der Waals surface area (Å²) in [5.74, 6) is 0. The molecule has 0 aromatic heterocycles. The lowest BCUT2D eigenvalue weighted by Crippen LogP contribution is -2.21. The molecule has 1 fully saturated rings. The summed E-state index contributed by atoms with van der Waals surface area (Å²) in [7, 11) is 0. The van der Waals surface area contributed by atoms with Gasteiger partial charge in [0, 0.05) is 6.54 Å². The van der Waals surface area contributed by atoms with Gasteiger partial charge in [-0.05, 0) is 38.9 Å². The Bertz CT molecular complexity index is 67.3. The van der Waals surface area contributed by atoms with Crippen LogP contribution in [0.3, 0.4) is 0 Å². The summed E-state index contributed by atoms with van der Waals surface area (Å²) in [5.41, 5.74) is 5.25. The van der Waals surface area contributed by atoms with E-state index < -0.39 is 0 Å². The maximum absolute atomic E-state index is 5.25. The molecule has 1 aliphatic rings. The van der Waals surface area contributed by atoms with E-state index in [1.807, 2.05) is 0 Å². The molecular weight excluding hydrogens is 112 g/mol. The summed E-state index contributed by atoms with van der Waals surface area (Å²) < 4.78 is 0. The molecule has 0 bridgehead atoms. The number of likely N-dealkylation sites (tertiary alicyclic amines) is 1. The molecule has 0 atom stereocenters. The first-order valence-corrected chi connectivity index (χ1v) is 3.69. The molecule has 0 spiro atoms. The molecule has 53 valence electrons. The van der Waals surface area contributed by atoms with Crippen LogP contribution in [0.4, 0.5) is 0 Å². The van der Waals surface area contributed by atoms with Crippen molar-refractivity contribution in [3.63, 3.8) is 0 Å². The highest BCUT2D eigenvalue weighted by atomic mass is 15.1. The van der Waals surface area contributed by atoms with Crippen LogP contribution in [0, 0.1) is 6.54 Å². The topological polar surface area (TPSA) is 29.3 Å². The van der Waals surface area contributed by atoms with Gasteiger partial charge in [0.15, 0.2) is 0 Å². The number of rotatable bonds is 3. The third-order valence-corrected chi connectivity index (χ3v) is 1.81. The van der Waals surface area contributed by atoms with E-state index in [1.54, 1.807) is 6.54 Å². The molecule has 0 saturated carbocycles. The lowest BCUT2D eigenvalue weighted by Gasteiger charge is -2.12. The lowest BCUT2D eigenvalue weighted by atomic mass is 10.4. The van der Waals surface area contributed by atoms with E-state index in [-0.39, 0.29) is 0 Å². The van der Waals surface area contributed by atoms with E-state index in [4.69, 9.17) is 5.73 Å². The van der Waals surface area contributed by atoms with Gasteiger partial charge in [-0.25, -0.2) is 0 Å². The zero-order valence-electron chi connectivity index (χ0n) is 5.84. The Morgan fingerprint density at radius 2 is 2.00 bits per heavy atom. The fourth-order valence-corrected chi connectivity index (χ4v) is 1.26. The number of nitrogens with two attached hydrogens (primary N) is 1. The van der Waals surface area contributed by atoms with Gasteiger partial charge in [0.25, 0.3) is 0 Å². The van der Waals surface area contributed by atoms with Crippen molar-refractivity contribution < 1.29 is 0 Å². The van der Waals surface area contributed by atoms with Crippen LogP contribution in [0.1, 0.15) is 19.3 Å². The van der Waals surface area contributed by atoms with Crippen LogP contribution < -0.4 is 5.73 Å². The van der Waals surface area contributed by atoms with Crippen molar-refractivity contribution in [1.82, 2.24) is 4.90 Å². The smallest absolute Gasteiger partial charge is 0.0205 e. The fourth-order valence-electron chi connectivity index (χ4n) is 1.26. The molecule has 1 radical (unpaired) electrons. The molecule has 1 heterocycles. The largest absolute Gasteiger partial charge is 0.326 e. The zero-order valence-corrected chi connectivity index (χ0v) is 5.84. The molecule has 2 heteroatoms. The molecule has 0 aliphatic carbocycles. The van der Waals surface area contributed by atoms with Crippen LogP contribution in [0.5, 0.6) is 0 Å². The maximum atomic E-state index is 5.25. The summed E-state index contributed by atoms with van der Waals surface area (Å²) >= 11 is 0. The van der Waals surface area contributed by atoms with E-state index in [2.05, 4.69) is 4.90 Å². The Morgan fingerprint density at radius 3 is 2.56 bits per heavy atom. The molecule has 1 rings (SSSR count). The SMILES string of the molecule is N[CH]CCN1CCCC1. The van der Waals surface area contributed by atoms with Crippen LogP contribution in [0.15, 0.2) is 0 Å². The van der Waals surface area contributed by atoms with Gasteiger partial charge in [0.2, 0.25) is 0 Å². The van der Waals surface area contributed by atoms with E-state index >= 15 is 0 Å². The van der Waals surface area contributed by atoms with Gasteiger partial charge in [0.05, 0.1) is 0 Å². The van der Waals surface area contributed by atoms with Gasteiger partial charge in [-0.3, -0.25) is 0 Å². The van der Waals surface area contributed by atoms with Crippen molar-refractivity contribution >= 4 is 0 Å². The Balaban J connectivity index is 1.98. The van der Waals surface area contributed by atoms with Crippen molar-refractivity contribution in [3.05, 3.63) is 6.54 Å². The van der Waals surface area contributed by atoms with E-state index in [0.29, 0.717) is 0 Å². The van der Waals surface area contributed by atoms with Gasteiger partial charge in [0.1, 0.15) is 0 Å². The summed E-state index contributed by atoms with van der Waals surface area (Å²) in [6.45, 7) is 5.48. The molecule has 1 aliphatic heterocycles. The van der Waals surface area contributed by atoms with E-state index in [9.17, 15) is 0 Å². The first-order chi connectivity index (χ1) is 4.43. The minimum Gasteiger partial charge on any atom is -0.326 e. The predicted octanol–water partition coefficient (Wildman–Crippen LogP) is 0.593. The number of hydrogen-bond acceptors (Lipinski definition) is 2. The highest BCUT2D eigenvalue weighted by Crippen LogP contribution is 2.06. The second kappa shape index (κ2) is 3.85. The van der Waals surface area contributed by atoms with Gasteiger partial charge in [-0.1, -0.05) is 0 Å². The van der Waals surface area contributed by atoms with Crippen molar-refractivity contribution in [2.45, 2.75) is 19.3 Å². The maximum Gasteiger partial charge on any atom is 0.0205 e. The zero-order chi connectivity index (χ0) is 6.53. The predicted molar refractivity (Wildman–Crippen MR) is 38.8 cm³/mol. The summed E-state index contributed by atoms with van der Waals surface area (Å²) in [4.78, 5) is 2.46. The molecular formula is C7H15N2. The van der Waals surface area contributed by atoms with Gasteiger partial charge in [-0.15, -0.1) is 0 Å². The Morgan fingerprint density at radius 1 is 1.33 bits per heavy atom. The van der Waals surface area contributed by atoms with Gasteiger partial charge in [-0.2, -0.15) is 0 Å². The van der Waals surface area contributed by atoms with Crippen LogP contribution in [0.25, 0.3) is 0 Å². The summed E-state index contributed by atoms with van der Waals surface area (Å²) in [5, 5.41) is 0. The Kier molecular flexibility index (Phi) is 3.01. The average Bonchev–Trinajstić information content (AvgIpc) is 2.34. The molecule has 2 N–H and O–H groups in total. The summed E-state index contributed by atoms with van der Waals surface area (Å²) in [6, 6.07) is 0. The molecule has 0 amide bonds. The Hall–Kier alpha value is -0.0800. The van der Waals surface area contributed by atoms with Crippen molar-refractivity contribution in [2.24, 2.45) is 5.73 Å². The van der Waals surface area contributed by atoms with Gasteiger partial charge < -0.3 is 10.6 Å². The molecule has 2 nitrogen and oxygen atoms in total. The molecule has 9 heavy (non-hydrogen) atoms. The fraction of sp³-hybridized carbons (Fsp3) is 0.857. The third-order valence-electron chi connectivity index (χ3n) is 1.81. The van der Waals surface area contributed by atoms with E-state index in [0.717, 1.165) is 13.0 Å². The molecule has 1 saturated heterocycles. The van der Waals surface area contributed by atoms with Crippen molar-refractivity contribution in [1.29, 1.82) is 0 Å². The minimum absolute atomic E-state index is 1.04. The van der Waals surface area contributed by atoms with Crippen LogP contribution in [0.2, 0.25) is 0 Å². The first-order valence-electron chi connectivity index (χ1n) is 3.69. The lowest BCUT2D eigenvalue weighted by molar-refractivity contribution is 0.342. The highest BCUT2D eigenvalue weighted by molar-refractivity contribution is 4.67. The molecule has 0 aromatic carbocycles. The minimum atomic E-state index is 1.04. The normalized spacial score (nSPS) is 21.0. The highest BCUT2D eigenvalue weighted by Gasteiger charge is 2.09. The summed E-state index contributed by atoms with van der Waals surface area (Å²) in [6.07, 6.45) is 3.80. The van der Waals surface area contributed by atoms with Crippen LogP contribution in [-0.2, 0) is 0 Å². The number of nitrogens with zero attached hydrogens (tertiary/aromatic N) is 1. The second-order valence-corrected chi connectivity index (χ2v) is 2.57. The standard InChI is InChI=1S/C7H15N2/c8-4-3-7-9-5-1-2-6-9/h4H,1-3,5-8H2. The van der Waals surface area contributed by atoms with Crippen molar-refractivity contribution in [3.8, 4) is 0 Å². The van der Waals surface area contributed by atoms with Crippen LogP contribution in [-0.4, -0.2) is 24.5 Å². The van der Waals surface area contributed by atoms with Gasteiger partial charge >= 0.3 is 0 Å². The van der Waals surface area contributed by atoms with Crippen LogP contribution >= 0.6 is 0 Å².